The number of aromatic nitrogens is 3. The van der Waals surface area contributed by atoms with Crippen molar-refractivity contribution in [3.63, 3.8) is 0 Å². The van der Waals surface area contributed by atoms with Crippen LogP contribution in [0.15, 0.2) is 67.3 Å². The highest BCUT2D eigenvalue weighted by Crippen LogP contribution is 2.39. The smallest absolute Gasteiger partial charge is 0.305 e. The molecule has 0 radical (unpaired) electrons. The lowest BCUT2D eigenvalue weighted by atomic mass is 10.0. The number of rotatable bonds is 8. The fourth-order valence-corrected chi connectivity index (χ4v) is 4.32. The second-order valence-electron chi connectivity index (χ2n) is 7.42. The van der Waals surface area contributed by atoms with E-state index >= 15 is 0 Å². The molecule has 3 aromatic heterocycles. The van der Waals surface area contributed by atoms with E-state index in [1.807, 2.05) is 30.5 Å². The number of nitrogens with one attached hydrogen (secondary N) is 1. The molecule has 4 rings (SSSR count). The maximum atomic E-state index is 11.6. The summed E-state index contributed by atoms with van der Waals surface area (Å²) in [5.41, 5.74) is 3.18. The minimum absolute atomic E-state index is 0.0493. The van der Waals surface area contributed by atoms with Crippen LogP contribution in [-0.4, -0.2) is 44.2 Å². The van der Waals surface area contributed by atoms with Gasteiger partial charge in [0.1, 0.15) is 0 Å². The topological polar surface area (TPSA) is 72.3 Å². The van der Waals surface area contributed by atoms with Crippen LogP contribution in [-0.2, 0) is 16.1 Å². The summed E-state index contributed by atoms with van der Waals surface area (Å²) in [6.45, 7) is 1.36. The fraction of sp³-hybridized carbons (Fsp3) is 0.304. The highest BCUT2D eigenvalue weighted by molar-refractivity contribution is 7.80. The zero-order valence-electron chi connectivity index (χ0n) is 17.3. The first-order chi connectivity index (χ1) is 15.2. The number of esters is 1. The van der Waals surface area contributed by atoms with Gasteiger partial charge in [-0.3, -0.25) is 14.8 Å². The van der Waals surface area contributed by atoms with Gasteiger partial charge in [0.05, 0.1) is 24.9 Å². The van der Waals surface area contributed by atoms with Crippen molar-refractivity contribution < 1.29 is 9.53 Å². The Balaban J connectivity index is 1.65. The Kier molecular flexibility index (Phi) is 6.57. The molecule has 3 aromatic rings. The molecule has 1 N–H and O–H groups in total. The highest BCUT2D eigenvalue weighted by Gasteiger charge is 2.40. The minimum atomic E-state index is -0.212. The zero-order chi connectivity index (χ0) is 21.6. The van der Waals surface area contributed by atoms with Crippen molar-refractivity contribution in [2.24, 2.45) is 0 Å². The van der Waals surface area contributed by atoms with Gasteiger partial charge in [0.25, 0.3) is 0 Å². The van der Waals surface area contributed by atoms with Gasteiger partial charge in [-0.25, -0.2) is 0 Å². The van der Waals surface area contributed by atoms with Crippen molar-refractivity contribution in [3.05, 3.63) is 84.2 Å². The fourth-order valence-electron chi connectivity index (χ4n) is 3.99. The second kappa shape index (κ2) is 9.70. The molecule has 7 nitrogen and oxygen atoms in total. The van der Waals surface area contributed by atoms with E-state index in [2.05, 4.69) is 49.1 Å². The lowest BCUT2D eigenvalue weighted by Crippen LogP contribution is -2.32. The number of carbonyl (C=O) groups excluding carboxylic acids is 1. The summed E-state index contributed by atoms with van der Waals surface area (Å²) in [5, 5.41) is 4.12. The zero-order valence-corrected chi connectivity index (χ0v) is 18.2. The van der Waals surface area contributed by atoms with Gasteiger partial charge >= 0.3 is 5.97 Å². The first-order valence-electron chi connectivity index (χ1n) is 10.3. The molecule has 0 spiro atoms. The SMILES string of the molecule is COC(=O)CCCN1C(=S)N[C@H](c2ccccn2)[C@H]1c1cccn1Cc1cccnc1. The quantitative estimate of drug-likeness (QED) is 0.430. The van der Waals surface area contributed by atoms with Crippen LogP contribution in [0.1, 0.15) is 41.9 Å². The van der Waals surface area contributed by atoms with Gasteiger partial charge < -0.3 is 19.5 Å². The number of pyridine rings is 2. The van der Waals surface area contributed by atoms with Crippen LogP contribution < -0.4 is 5.32 Å². The van der Waals surface area contributed by atoms with Crippen LogP contribution in [0.2, 0.25) is 0 Å². The maximum Gasteiger partial charge on any atom is 0.305 e. The number of hydrogen-bond acceptors (Lipinski definition) is 5. The maximum absolute atomic E-state index is 11.6. The van der Waals surface area contributed by atoms with E-state index < -0.39 is 0 Å². The average molecular weight is 436 g/mol. The molecule has 160 valence electrons. The van der Waals surface area contributed by atoms with E-state index in [0.29, 0.717) is 31.0 Å². The summed E-state index contributed by atoms with van der Waals surface area (Å²) >= 11 is 5.70. The van der Waals surface area contributed by atoms with E-state index in [0.717, 1.165) is 17.0 Å². The molecule has 1 aliphatic heterocycles. The number of hydrogen-bond donors (Lipinski definition) is 1. The van der Waals surface area contributed by atoms with E-state index in [4.69, 9.17) is 17.0 Å². The van der Waals surface area contributed by atoms with Crippen molar-refractivity contribution in [2.75, 3.05) is 13.7 Å². The van der Waals surface area contributed by atoms with Crippen LogP contribution in [0.5, 0.6) is 0 Å². The Bertz CT molecular complexity index is 1020. The molecule has 0 bridgehead atoms. The van der Waals surface area contributed by atoms with E-state index in [1.165, 1.54) is 7.11 Å². The van der Waals surface area contributed by atoms with Gasteiger partial charge in [-0.15, -0.1) is 0 Å². The van der Waals surface area contributed by atoms with Crippen molar-refractivity contribution >= 4 is 23.3 Å². The molecule has 1 aliphatic rings. The number of methoxy groups -OCH3 is 1. The minimum Gasteiger partial charge on any atom is -0.469 e. The third-order valence-corrected chi connectivity index (χ3v) is 5.80. The summed E-state index contributed by atoms with van der Waals surface area (Å²) in [7, 11) is 1.41. The summed E-state index contributed by atoms with van der Waals surface area (Å²) in [5.74, 6) is -0.212. The van der Waals surface area contributed by atoms with Crippen LogP contribution in [0, 0.1) is 0 Å². The third-order valence-electron chi connectivity index (χ3n) is 5.45. The molecule has 0 saturated carbocycles. The largest absolute Gasteiger partial charge is 0.469 e. The molecule has 0 amide bonds. The number of thiocarbonyl (C=S) groups is 1. The second-order valence-corrected chi connectivity index (χ2v) is 7.81. The Labute approximate surface area is 187 Å². The lowest BCUT2D eigenvalue weighted by Gasteiger charge is -2.29. The first-order valence-corrected chi connectivity index (χ1v) is 10.7. The molecule has 31 heavy (non-hydrogen) atoms. The molecule has 0 aliphatic carbocycles. The number of carbonyl (C=O) groups is 1. The predicted octanol–water partition coefficient (Wildman–Crippen LogP) is 3.25. The molecule has 2 atom stereocenters. The molecule has 0 aromatic carbocycles. The van der Waals surface area contributed by atoms with Crippen molar-refractivity contribution in [3.8, 4) is 0 Å². The monoisotopic (exact) mass is 435 g/mol. The van der Waals surface area contributed by atoms with Crippen LogP contribution in [0.4, 0.5) is 0 Å². The molecule has 0 unspecified atom stereocenters. The van der Waals surface area contributed by atoms with E-state index in [9.17, 15) is 4.79 Å². The lowest BCUT2D eigenvalue weighted by molar-refractivity contribution is -0.140. The van der Waals surface area contributed by atoms with Gasteiger partial charge in [0.15, 0.2) is 5.11 Å². The normalized spacial score (nSPS) is 18.1. The average Bonchev–Trinajstić information content (AvgIpc) is 3.38. The summed E-state index contributed by atoms with van der Waals surface area (Å²) in [6, 6.07) is 14.0. The molecular weight excluding hydrogens is 410 g/mol. The summed E-state index contributed by atoms with van der Waals surface area (Å²) in [6.07, 6.45) is 8.54. The Hall–Kier alpha value is -3.26. The Morgan fingerprint density at radius 1 is 1.19 bits per heavy atom. The number of nitrogens with zero attached hydrogens (tertiary/aromatic N) is 4. The van der Waals surface area contributed by atoms with E-state index in [1.54, 1.807) is 12.4 Å². The number of ether oxygens (including phenoxy) is 1. The Morgan fingerprint density at radius 2 is 2.10 bits per heavy atom. The molecule has 1 saturated heterocycles. The van der Waals surface area contributed by atoms with E-state index in [-0.39, 0.29) is 18.1 Å². The third kappa shape index (κ3) is 4.74. The predicted molar refractivity (Wildman–Crippen MR) is 121 cm³/mol. The van der Waals surface area contributed by atoms with Crippen LogP contribution in [0.25, 0.3) is 0 Å². The van der Waals surface area contributed by atoms with Crippen LogP contribution in [0.3, 0.4) is 0 Å². The molecule has 1 fully saturated rings. The van der Waals surface area contributed by atoms with Crippen molar-refractivity contribution in [1.82, 2.24) is 24.8 Å². The van der Waals surface area contributed by atoms with Crippen molar-refractivity contribution in [1.29, 1.82) is 0 Å². The van der Waals surface area contributed by atoms with Gasteiger partial charge in [0, 0.05) is 50.0 Å². The molecule has 8 heteroatoms. The van der Waals surface area contributed by atoms with Gasteiger partial charge in [-0.05, 0) is 54.5 Å². The highest BCUT2D eigenvalue weighted by atomic mass is 32.1. The Morgan fingerprint density at radius 3 is 2.84 bits per heavy atom. The summed E-state index contributed by atoms with van der Waals surface area (Å²) in [4.78, 5) is 22.6. The van der Waals surface area contributed by atoms with Crippen molar-refractivity contribution in [2.45, 2.75) is 31.5 Å². The van der Waals surface area contributed by atoms with Gasteiger partial charge in [-0.1, -0.05) is 12.1 Å². The van der Waals surface area contributed by atoms with Crippen LogP contribution >= 0.6 is 12.2 Å². The molecule has 4 heterocycles. The summed E-state index contributed by atoms with van der Waals surface area (Å²) < 4.78 is 7.01. The van der Waals surface area contributed by atoms with Gasteiger partial charge in [0.2, 0.25) is 0 Å². The van der Waals surface area contributed by atoms with Gasteiger partial charge in [-0.2, -0.15) is 0 Å². The molecular formula is C23H25N5O2S. The standard InChI is InChI=1S/C23H25N5O2S/c1-30-20(29)10-6-14-28-22(21(26-23(28)31)18-8-2-3-12-25-18)19-9-5-13-27(19)16-17-7-4-11-24-15-17/h2-5,7-9,11-13,15,21-22H,6,10,14,16H2,1H3,(H,26,31)/t21-,22-/m1/s1. The first kappa shape index (κ1) is 21.0.